The minimum atomic E-state index is -0.0384. The summed E-state index contributed by atoms with van der Waals surface area (Å²) in [6.45, 7) is 5.24. The fourth-order valence-electron chi connectivity index (χ4n) is 1.99. The molecule has 1 saturated heterocycles. The fourth-order valence-corrected chi connectivity index (χ4v) is 1.99. The van der Waals surface area contributed by atoms with E-state index in [0.29, 0.717) is 12.1 Å². The van der Waals surface area contributed by atoms with Crippen LogP contribution < -0.4 is 5.32 Å². The number of aryl methyl sites for hydroxylation is 1. The van der Waals surface area contributed by atoms with Crippen molar-refractivity contribution in [2.75, 3.05) is 13.2 Å². The van der Waals surface area contributed by atoms with E-state index in [1.807, 2.05) is 13.8 Å². The maximum absolute atomic E-state index is 12.0. The largest absolute Gasteiger partial charge is 0.376 e. The zero-order valence-corrected chi connectivity index (χ0v) is 10.3. The highest BCUT2D eigenvalue weighted by atomic mass is 16.5. The highest BCUT2D eigenvalue weighted by Gasteiger charge is 2.17. The van der Waals surface area contributed by atoms with E-state index in [9.17, 15) is 4.79 Å². The molecular weight excluding hydrogens is 216 g/mol. The molecule has 4 heteroatoms. The Morgan fingerprint density at radius 3 is 3.12 bits per heavy atom. The second kappa shape index (κ2) is 5.27. The van der Waals surface area contributed by atoms with Gasteiger partial charge in [-0.05, 0) is 38.3 Å². The van der Waals surface area contributed by atoms with Crippen molar-refractivity contribution in [2.45, 2.75) is 32.8 Å². The van der Waals surface area contributed by atoms with Crippen molar-refractivity contribution in [3.63, 3.8) is 0 Å². The molecule has 2 rings (SSSR count). The van der Waals surface area contributed by atoms with Crippen LogP contribution in [0.1, 0.15) is 34.5 Å². The number of nitrogens with zero attached hydrogens (tertiary/aromatic N) is 1. The predicted octanol–water partition coefficient (Wildman–Crippen LogP) is 1.61. The van der Waals surface area contributed by atoms with E-state index in [0.717, 1.165) is 30.7 Å². The van der Waals surface area contributed by atoms with Crippen LogP contribution in [0, 0.1) is 13.8 Å². The molecule has 0 aromatic carbocycles. The number of pyridine rings is 1. The first kappa shape index (κ1) is 12.0. The van der Waals surface area contributed by atoms with Crippen LogP contribution in [0.3, 0.4) is 0 Å². The van der Waals surface area contributed by atoms with Gasteiger partial charge >= 0.3 is 0 Å². The summed E-state index contributed by atoms with van der Waals surface area (Å²) in [6, 6.07) is 1.76. The summed E-state index contributed by atoms with van der Waals surface area (Å²) in [5.74, 6) is -0.0384. The number of hydrogen-bond donors (Lipinski definition) is 1. The van der Waals surface area contributed by atoms with E-state index in [4.69, 9.17) is 4.74 Å². The van der Waals surface area contributed by atoms with Crippen LogP contribution in [-0.4, -0.2) is 30.1 Å². The Kier molecular flexibility index (Phi) is 3.74. The molecule has 0 aliphatic carbocycles. The molecule has 1 fully saturated rings. The van der Waals surface area contributed by atoms with Crippen LogP contribution in [0.25, 0.3) is 0 Å². The molecular formula is C13H18N2O2. The van der Waals surface area contributed by atoms with Gasteiger partial charge in [-0.2, -0.15) is 0 Å². The van der Waals surface area contributed by atoms with Gasteiger partial charge < -0.3 is 10.1 Å². The summed E-state index contributed by atoms with van der Waals surface area (Å²) in [6.07, 6.45) is 3.98. The summed E-state index contributed by atoms with van der Waals surface area (Å²) in [4.78, 5) is 16.1. The Hall–Kier alpha value is -1.42. The van der Waals surface area contributed by atoms with Gasteiger partial charge in [0.15, 0.2) is 0 Å². The number of carbonyl (C=O) groups excluding carboxylic acids is 1. The van der Waals surface area contributed by atoms with Crippen LogP contribution in [0.15, 0.2) is 12.3 Å². The Bertz CT molecular complexity index is 412. The molecule has 1 aromatic rings. The first-order chi connectivity index (χ1) is 8.18. The summed E-state index contributed by atoms with van der Waals surface area (Å²) in [5, 5.41) is 2.92. The summed E-state index contributed by atoms with van der Waals surface area (Å²) in [7, 11) is 0. The van der Waals surface area contributed by atoms with Crippen LogP contribution in [0.5, 0.6) is 0 Å². The monoisotopic (exact) mass is 234 g/mol. The average molecular weight is 234 g/mol. The molecule has 17 heavy (non-hydrogen) atoms. The van der Waals surface area contributed by atoms with Crippen molar-refractivity contribution < 1.29 is 9.53 Å². The molecule has 2 heterocycles. The molecule has 1 N–H and O–H groups in total. The summed E-state index contributed by atoms with van der Waals surface area (Å²) < 4.78 is 5.47. The molecule has 0 radical (unpaired) electrons. The van der Waals surface area contributed by atoms with Gasteiger partial charge in [-0.3, -0.25) is 9.78 Å². The summed E-state index contributed by atoms with van der Waals surface area (Å²) in [5.41, 5.74) is 2.54. The third-order valence-electron chi connectivity index (χ3n) is 3.22. The van der Waals surface area contributed by atoms with Gasteiger partial charge in [0, 0.05) is 30.6 Å². The standard InChI is InChI=1S/C13H18N2O2/c1-9-10(2)14-6-5-12(9)13(16)15-8-11-4-3-7-17-11/h5-6,11H,3-4,7-8H2,1-2H3,(H,15,16). The molecule has 1 unspecified atom stereocenters. The Morgan fingerprint density at radius 2 is 2.41 bits per heavy atom. The molecule has 1 aliphatic heterocycles. The van der Waals surface area contributed by atoms with Crippen molar-refractivity contribution >= 4 is 5.91 Å². The zero-order valence-electron chi connectivity index (χ0n) is 10.3. The molecule has 0 saturated carbocycles. The van der Waals surface area contributed by atoms with Gasteiger partial charge in [0.25, 0.3) is 5.91 Å². The number of aromatic nitrogens is 1. The molecule has 1 aliphatic rings. The maximum atomic E-state index is 12.0. The first-order valence-corrected chi connectivity index (χ1v) is 6.00. The summed E-state index contributed by atoms with van der Waals surface area (Å²) >= 11 is 0. The normalized spacial score (nSPS) is 19.3. The first-order valence-electron chi connectivity index (χ1n) is 6.00. The van der Waals surface area contributed by atoms with Crippen LogP contribution in [0.4, 0.5) is 0 Å². The molecule has 0 bridgehead atoms. The van der Waals surface area contributed by atoms with Crippen molar-refractivity contribution in [2.24, 2.45) is 0 Å². The van der Waals surface area contributed by atoms with E-state index in [-0.39, 0.29) is 12.0 Å². The van der Waals surface area contributed by atoms with E-state index in [1.165, 1.54) is 0 Å². The lowest BCUT2D eigenvalue weighted by atomic mass is 10.1. The number of carbonyl (C=O) groups is 1. The number of amides is 1. The predicted molar refractivity (Wildman–Crippen MR) is 65.0 cm³/mol. The quantitative estimate of drug-likeness (QED) is 0.864. The minimum absolute atomic E-state index is 0.0384. The fraction of sp³-hybridized carbons (Fsp3) is 0.538. The molecule has 1 atom stereocenters. The van der Waals surface area contributed by atoms with Crippen LogP contribution in [0.2, 0.25) is 0 Å². The van der Waals surface area contributed by atoms with Crippen molar-refractivity contribution in [1.82, 2.24) is 10.3 Å². The van der Waals surface area contributed by atoms with Gasteiger partial charge in [-0.1, -0.05) is 0 Å². The van der Waals surface area contributed by atoms with Crippen molar-refractivity contribution in [3.05, 3.63) is 29.1 Å². The molecule has 92 valence electrons. The van der Waals surface area contributed by atoms with Gasteiger partial charge in [0.05, 0.1) is 6.10 Å². The topological polar surface area (TPSA) is 51.2 Å². The SMILES string of the molecule is Cc1nccc(C(=O)NCC2CCCO2)c1C. The van der Waals surface area contributed by atoms with Crippen molar-refractivity contribution in [3.8, 4) is 0 Å². The smallest absolute Gasteiger partial charge is 0.251 e. The number of rotatable bonds is 3. The minimum Gasteiger partial charge on any atom is -0.376 e. The average Bonchev–Trinajstić information content (AvgIpc) is 2.82. The van der Waals surface area contributed by atoms with Gasteiger partial charge in [0.1, 0.15) is 0 Å². The molecule has 1 aromatic heterocycles. The van der Waals surface area contributed by atoms with E-state index >= 15 is 0 Å². The molecule has 0 spiro atoms. The highest BCUT2D eigenvalue weighted by Crippen LogP contribution is 2.12. The lowest BCUT2D eigenvalue weighted by Gasteiger charge is -2.12. The third kappa shape index (κ3) is 2.82. The maximum Gasteiger partial charge on any atom is 0.251 e. The number of ether oxygens (including phenoxy) is 1. The van der Waals surface area contributed by atoms with E-state index in [2.05, 4.69) is 10.3 Å². The van der Waals surface area contributed by atoms with E-state index < -0.39 is 0 Å². The van der Waals surface area contributed by atoms with Gasteiger partial charge in [-0.25, -0.2) is 0 Å². The lowest BCUT2D eigenvalue weighted by Crippen LogP contribution is -2.32. The lowest BCUT2D eigenvalue weighted by molar-refractivity contribution is 0.0857. The number of nitrogens with one attached hydrogen (secondary N) is 1. The molecule has 1 amide bonds. The Morgan fingerprint density at radius 1 is 1.59 bits per heavy atom. The van der Waals surface area contributed by atoms with Crippen LogP contribution >= 0.6 is 0 Å². The van der Waals surface area contributed by atoms with Crippen LogP contribution in [-0.2, 0) is 4.74 Å². The second-order valence-electron chi connectivity index (χ2n) is 4.41. The molecule has 4 nitrogen and oxygen atoms in total. The Labute approximate surface area is 101 Å². The zero-order chi connectivity index (χ0) is 12.3. The second-order valence-corrected chi connectivity index (χ2v) is 4.41. The highest BCUT2D eigenvalue weighted by molar-refractivity contribution is 5.95. The third-order valence-corrected chi connectivity index (χ3v) is 3.22. The Balaban J connectivity index is 1.97. The number of hydrogen-bond acceptors (Lipinski definition) is 3. The van der Waals surface area contributed by atoms with Crippen molar-refractivity contribution in [1.29, 1.82) is 0 Å². The van der Waals surface area contributed by atoms with Gasteiger partial charge in [-0.15, -0.1) is 0 Å². The van der Waals surface area contributed by atoms with Gasteiger partial charge in [0.2, 0.25) is 0 Å². The van der Waals surface area contributed by atoms with E-state index in [1.54, 1.807) is 12.3 Å².